The van der Waals surface area contributed by atoms with Crippen molar-refractivity contribution in [3.63, 3.8) is 0 Å². The van der Waals surface area contributed by atoms with E-state index < -0.39 is 6.29 Å². The van der Waals surface area contributed by atoms with Crippen molar-refractivity contribution >= 4 is 28.7 Å². The second-order valence-corrected chi connectivity index (χ2v) is 12.5. The fourth-order valence-corrected chi connectivity index (χ4v) is 6.52. The number of rotatable bonds is 11. The smallest absolute Gasteiger partial charge is 0.271 e. The minimum Gasteiger partial charge on any atom is -0.396 e. The lowest BCUT2D eigenvalue weighted by Gasteiger charge is -2.41. The molecule has 6 rings (SSSR count). The number of para-hydroxylation sites is 2. The first-order valence-electron chi connectivity index (χ1n) is 15.4. The Kier molecular flexibility index (Phi) is 10.4. The van der Waals surface area contributed by atoms with Crippen LogP contribution in [0.15, 0.2) is 103 Å². The summed E-state index contributed by atoms with van der Waals surface area (Å²) >= 11 is 1.67. The van der Waals surface area contributed by atoms with E-state index in [4.69, 9.17) is 9.47 Å². The van der Waals surface area contributed by atoms with Crippen LogP contribution < -0.4 is 5.32 Å². The molecule has 5 aromatic rings. The number of aromatic nitrogens is 2. The van der Waals surface area contributed by atoms with E-state index in [0.717, 1.165) is 44.7 Å². The van der Waals surface area contributed by atoms with Crippen LogP contribution in [0.1, 0.15) is 52.1 Å². The SMILES string of the molecule is CC1C(CSCCO)OC(c2ccc(-c3cccc(CNC(=O)c4cnc5ccccc5n4)c3)cc2)OC1c1ccc(CO)cc1. The molecule has 4 atom stereocenters. The summed E-state index contributed by atoms with van der Waals surface area (Å²) in [5, 5.41) is 21.8. The van der Waals surface area contributed by atoms with Gasteiger partial charge in [-0.3, -0.25) is 9.78 Å². The molecule has 1 amide bonds. The van der Waals surface area contributed by atoms with Gasteiger partial charge in [-0.05, 0) is 46.0 Å². The first-order valence-corrected chi connectivity index (χ1v) is 16.6. The lowest BCUT2D eigenvalue weighted by molar-refractivity contribution is -0.268. The predicted octanol–water partition coefficient (Wildman–Crippen LogP) is 6.24. The fourth-order valence-electron chi connectivity index (χ4n) is 5.61. The molecule has 0 bridgehead atoms. The molecule has 2 heterocycles. The van der Waals surface area contributed by atoms with E-state index in [1.165, 1.54) is 6.20 Å². The minimum atomic E-state index is -0.549. The Morgan fingerprint density at radius 1 is 0.848 bits per heavy atom. The van der Waals surface area contributed by atoms with Gasteiger partial charge in [-0.15, -0.1) is 0 Å². The molecule has 46 heavy (non-hydrogen) atoms. The van der Waals surface area contributed by atoms with Gasteiger partial charge in [-0.1, -0.05) is 85.8 Å². The summed E-state index contributed by atoms with van der Waals surface area (Å²) in [4.78, 5) is 21.6. The lowest BCUT2D eigenvalue weighted by Crippen LogP contribution is -2.38. The van der Waals surface area contributed by atoms with Crippen LogP contribution in [0.4, 0.5) is 0 Å². The summed E-state index contributed by atoms with van der Waals surface area (Å²) in [5.41, 5.74) is 7.57. The molecule has 0 saturated carbocycles. The molecular formula is C37H37N3O5S. The van der Waals surface area contributed by atoms with E-state index in [0.29, 0.717) is 17.8 Å². The highest BCUT2D eigenvalue weighted by atomic mass is 32.2. The standard InChI is InChI=1S/C37H37N3O5S/c1-24-34(23-46-18-17-41)44-37(45-35(24)28-11-9-25(22-42)10-12-28)29-15-13-27(14-16-29)30-6-4-5-26(19-30)20-39-36(43)33-21-38-31-7-2-3-8-32(31)40-33/h2-16,19,21,24,34-35,37,41-42H,17-18,20,22-23H2,1H3,(H,39,43). The molecule has 1 aliphatic heterocycles. The van der Waals surface area contributed by atoms with Crippen molar-refractivity contribution in [2.75, 3.05) is 18.1 Å². The van der Waals surface area contributed by atoms with Gasteiger partial charge in [0.05, 0.1) is 42.7 Å². The van der Waals surface area contributed by atoms with Gasteiger partial charge in [-0.2, -0.15) is 11.8 Å². The normalized spacial score (nSPS) is 19.6. The molecule has 8 nitrogen and oxygen atoms in total. The zero-order valence-electron chi connectivity index (χ0n) is 25.6. The summed E-state index contributed by atoms with van der Waals surface area (Å²) in [5.74, 6) is 1.23. The molecule has 1 fully saturated rings. The molecule has 236 valence electrons. The quantitative estimate of drug-likeness (QED) is 0.146. The summed E-state index contributed by atoms with van der Waals surface area (Å²) in [6.45, 7) is 2.63. The zero-order valence-corrected chi connectivity index (χ0v) is 26.4. The number of fused-ring (bicyclic) bond motifs is 1. The third-order valence-electron chi connectivity index (χ3n) is 8.22. The topological polar surface area (TPSA) is 114 Å². The molecule has 0 spiro atoms. The highest BCUT2D eigenvalue weighted by molar-refractivity contribution is 7.99. The summed E-state index contributed by atoms with van der Waals surface area (Å²) in [7, 11) is 0. The minimum absolute atomic E-state index is 0.00206. The number of amides is 1. The van der Waals surface area contributed by atoms with Crippen LogP contribution in [0.3, 0.4) is 0 Å². The molecule has 1 aliphatic rings. The molecule has 4 aromatic carbocycles. The Morgan fingerprint density at radius 3 is 2.37 bits per heavy atom. The molecule has 4 unspecified atom stereocenters. The maximum absolute atomic E-state index is 12.8. The number of hydrogen-bond donors (Lipinski definition) is 3. The molecule has 3 N–H and O–H groups in total. The Bertz CT molecular complexity index is 1770. The van der Waals surface area contributed by atoms with Crippen molar-refractivity contribution in [3.05, 3.63) is 131 Å². The molecular weight excluding hydrogens is 598 g/mol. The summed E-state index contributed by atoms with van der Waals surface area (Å²) in [6, 6.07) is 31.6. The van der Waals surface area contributed by atoms with Crippen LogP contribution in [-0.4, -0.2) is 50.3 Å². The zero-order chi connectivity index (χ0) is 31.9. The van der Waals surface area contributed by atoms with Crippen LogP contribution in [0.25, 0.3) is 22.2 Å². The average molecular weight is 636 g/mol. The van der Waals surface area contributed by atoms with Crippen LogP contribution >= 0.6 is 11.8 Å². The van der Waals surface area contributed by atoms with Gasteiger partial charge in [0.25, 0.3) is 5.91 Å². The number of nitrogens with zero attached hydrogens (tertiary/aromatic N) is 2. The molecule has 0 radical (unpaired) electrons. The number of ether oxygens (including phenoxy) is 2. The second kappa shape index (κ2) is 15.0. The van der Waals surface area contributed by atoms with Gasteiger partial charge >= 0.3 is 0 Å². The Hall–Kier alpha value is -4.12. The number of thioether (sulfide) groups is 1. The first kappa shape index (κ1) is 31.8. The number of aliphatic hydroxyl groups is 2. The van der Waals surface area contributed by atoms with Crippen LogP contribution in [0.5, 0.6) is 0 Å². The monoisotopic (exact) mass is 635 g/mol. The highest BCUT2D eigenvalue weighted by Gasteiger charge is 2.38. The fraction of sp³-hybridized carbons (Fsp3) is 0.270. The van der Waals surface area contributed by atoms with Gasteiger partial charge in [0.1, 0.15) is 5.69 Å². The molecule has 1 saturated heterocycles. The predicted molar refractivity (Wildman–Crippen MR) is 180 cm³/mol. The Balaban J connectivity index is 1.14. The third kappa shape index (κ3) is 7.46. The maximum atomic E-state index is 12.8. The number of benzene rings is 4. The largest absolute Gasteiger partial charge is 0.396 e. The van der Waals surface area contributed by atoms with Gasteiger partial charge in [0, 0.05) is 29.5 Å². The van der Waals surface area contributed by atoms with E-state index in [1.54, 1.807) is 11.8 Å². The number of hydrogen-bond acceptors (Lipinski definition) is 8. The van der Waals surface area contributed by atoms with Gasteiger partial charge in [0.15, 0.2) is 6.29 Å². The summed E-state index contributed by atoms with van der Waals surface area (Å²) < 4.78 is 13.1. The van der Waals surface area contributed by atoms with E-state index >= 15 is 0 Å². The molecule has 0 aliphatic carbocycles. The highest BCUT2D eigenvalue weighted by Crippen LogP contribution is 2.42. The van der Waals surface area contributed by atoms with Crippen molar-refractivity contribution in [2.24, 2.45) is 5.92 Å². The van der Waals surface area contributed by atoms with Gasteiger partial charge < -0.3 is 25.0 Å². The van der Waals surface area contributed by atoms with Crippen molar-refractivity contribution < 1.29 is 24.5 Å². The number of carbonyl (C=O) groups is 1. The number of aliphatic hydroxyl groups excluding tert-OH is 2. The lowest BCUT2D eigenvalue weighted by atomic mass is 9.91. The number of nitrogens with one attached hydrogen (secondary N) is 1. The Labute approximate surface area is 272 Å². The van der Waals surface area contributed by atoms with Crippen LogP contribution in [-0.2, 0) is 22.6 Å². The van der Waals surface area contributed by atoms with Crippen molar-refractivity contribution in [3.8, 4) is 11.1 Å². The van der Waals surface area contributed by atoms with Crippen LogP contribution in [0, 0.1) is 5.92 Å². The van der Waals surface area contributed by atoms with E-state index in [1.807, 2.05) is 78.9 Å². The first-order chi connectivity index (χ1) is 22.5. The van der Waals surface area contributed by atoms with Crippen molar-refractivity contribution in [1.82, 2.24) is 15.3 Å². The molecule has 9 heteroatoms. The number of carbonyl (C=O) groups excluding carboxylic acids is 1. The van der Waals surface area contributed by atoms with E-state index in [9.17, 15) is 15.0 Å². The van der Waals surface area contributed by atoms with E-state index in [2.05, 4.69) is 40.4 Å². The average Bonchev–Trinajstić information content (AvgIpc) is 3.11. The maximum Gasteiger partial charge on any atom is 0.271 e. The Morgan fingerprint density at radius 2 is 1.61 bits per heavy atom. The summed E-state index contributed by atoms with van der Waals surface area (Å²) in [6.07, 6.45) is 0.706. The van der Waals surface area contributed by atoms with Crippen LogP contribution in [0.2, 0.25) is 0 Å². The van der Waals surface area contributed by atoms with Crippen molar-refractivity contribution in [1.29, 1.82) is 0 Å². The van der Waals surface area contributed by atoms with Gasteiger partial charge in [0.2, 0.25) is 0 Å². The third-order valence-corrected chi connectivity index (χ3v) is 9.25. The van der Waals surface area contributed by atoms with Crippen molar-refractivity contribution in [2.45, 2.75) is 38.6 Å². The van der Waals surface area contributed by atoms with E-state index in [-0.39, 0.29) is 42.9 Å². The van der Waals surface area contributed by atoms with Gasteiger partial charge in [-0.25, -0.2) is 4.98 Å². The second-order valence-electron chi connectivity index (χ2n) is 11.4. The molecule has 1 aromatic heterocycles.